The number of hydrogen-bond acceptors (Lipinski definition) is 4. The molecule has 0 radical (unpaired) electrons. The molecule has 1 aliphatic heterocycles. The van der Waals surface area contributed by atoms with Crippen LogP contribution in [0.15, 0.2) is 48.5 Å². The molecule has 1 fully saturated rings. The van der Waals surface area contributed by atoms with E-state index in [9.17, 15) is 4.79 Å². The third-order valence-corrected chi connectivity index (χ3v) is 5.35. The van der Waals surface area contributed by atoms with Gasteiger partial charge in [0.1, 0.15) is 0 Å². The highest BCUT2D eigenvalue weighted by Gasteiger charge is 2.17. The number of carbonyl (C=O) groups is 1. The normalized spacial score (nSPS) is 15.8. The van der Waals surface area contributed by atoms with Gasteiger partial charge < -0.3 is 19.7 Å². The monoisotopic (exact) mass is 382 g/mol. The van der Waals surface area contributed by atoms with E-state index in [1.54, 1.807) is 19.2 Å². The maximum atomic E-state index is 12.3. The summed E-state index contributed by atoms with van der Waals surface area (Å²) in [7, 11) is 1.58. The average molecular weight is 383 g/mol. The molecule has 1 atom stereocenters. The van der Waals surface area contributed by atoms with E-state index >= 15 is 0 Å². The maximum Gasteiger partial charge on any atom is 0.258 e. The number of benzene rings is 2. The molecule has 2 aromatic rings. The summed E-state index contributed by atoms with van der Waals surface area (Å²) < 4.78 is 10.8. The summed E-state index contributed by atoms with van der Waals surface area (Å²) in [6.07, 6.45) is 2.50. The van der Waals surface area contributed by atoms with Gasteiger partial charge in [-0.05, 0) is 55.5 Å². The van der Waals surface area contributed by atoms with Crippen LogP contribution in [-0.2, 0) is 4.79 Å². The van der Waals surface area contributed by atoms with Gasteiger partial charge in [0.15, 0.2) is 18.1 Å². The van der Waals surface area contributed by atoms with E-state index in [0.717, 1.165) is 24.6 Å². The molecule has 0 spiro atoms. The van der Waals surface area contributed by atoms with Gasteiger partial charge >= 0.3 is 0 Å². The van der Waals surface area contributed by atoms with Gasteiger partial charge in [0.25, 0.3) is 5.91 Å². The number of nitrogens with one attached hydrogen (secondary N) is 1. The zero-order valence-corrected chi connectivity index (χ0v) is 17.0. The molecular weight excluding hydrogens is 352 g/mol. The molecule has 2 aromatic carbocycles. The van der Waals surface area contributed by atoms with Crippen molar-refractivity contribution >= 4 is 11.6 Å². The Hall–Kier alpha value is -2.69. The maximum absolute atomic E-state index is 12.3. The second-order valence-electron chi connectivity index (χ2n) is 7.49. The Labute approximate surface area is 167 Å². The van der Waals surface area contributed by atoms with E-state index in [1.807, 2.05) is 19.1 Å². The number of ether oxygens (including phenoxy) is 2. The molecule has 5 nitrogen and oxygen atoms in total. The average Bonchev–Trinajstić information content (AvgIpc) is 2.73. The summed E-state index contributed by atoms with van der Waals surface area (Å²) in [6, 6.07) is 15.7. The van der Waals surface area contributed by atoms with E-state index < -0.39 is 0 Å². The summed E-state index contributed by atoms with van der Waals surface area (Å²) in [4.78, 5) is 14.7. The number of methoxy groups -OCH3 is 1. The number of anilines is 1. The first-order valence-electron chi connectivity index (χ1n) is 9.97. The number of nitrogens with zero attached hydrogens (tertiary/aromatic N) is 1. The summed E-state index contributed by atoms with van der Waals surface area (Å²) in [6.45, 7) is 6.50. The van der Waals surface area contributed by atoms with Crippen molar-refractivity contribution in [2.24, 2.45) is 5.92 Å². The molecular formula is C23H30N2O3. The summed E-state index contributed by atoms with van der Waals surface area (Å²) in [5.74, 6) is 1.84. The Morgan fingerprint density at radius 1 is 1.11 bits per heavy atom. The number of carbonyl (C=O) groups excluding carboxylic acids is 1. The molecule has 0 aromatic heterocycles. The zero-order chi connectivity index (χ0) is 19.9. The van der Waals surface area contributed by atoms with Crippen LogP contribution in [0.4, 0.5) is 5.69 Å². The fraction of sp³-hybridized carbons (Fsp3) is 0.435. The summed E-state index contributed by atoms with van der Waals surface area (Å²) in [5, 5.41) is 2.99. The van der Waals surface area contributed by atoms with Crippen LogP contribution in [0.3, 0.4) is 0 Å². The highest BCUT2D eigenvalue weighted by molar-refractivity contribution is 5.78. The van der Waals surface area contributed by atoms with Gasteiger partial charge in [-0.3, -0.25) is 4.79 Å². The standard InChI is InChI=1S/C23H30N2O3/c1-17-12-14-25(15-13-17)20-10-8-19(9-11-20)18(2)24-23(26)16-28-22-7-5-4-6-21(22)27-3/h4-11,17-18H,12-16H2,1-3H3,(H,24,26)/t18-/m1/s1. The van der Waals surface area contributed by atoms with Crippen LogP contribution in [0, 0.1) is 5.92 Å². The summed E-state index contributed by atoms with van der Waals surface area (Å²) >= 11 is 0. The SMILES string of the molecule is COc1ccccc1OCC(=O)N[C@H](C)c1ccc(N2CCC(C)CC2)cc1. The molecule has 150 valence electrons. The Morgan fingerprint density at radius 3 is 2.39 bits per heavy atom. The highest BCUT2D eigenvalue weighted by Crippen LogP contribution is 2.26. The lowest BCUT2D eigenvalue weighted by Crippen LogP contribution is -2.33. The van der Waals surface area contributed by atoms with Gasteiger partial charge in [0, 0.05) is 18.8 Å². The second kappa shape index (κ2) is 9.49. The highest BCUT2D eigenvalue weighted by atomic mass is 16.5. The molecule has 0 bridgehead atoms. The molecule has 1 heterocycles. The van der Waals surface area contributed by atoms with Crippen LogP contribution >= 0.6 is 0 Å². The molecule has 0 unspecified atom stereocenters. The Morgan fingerprint density at radius 2 is 1.75 bits per heavy atom. The van der Waals surface area contributed by atoms with Crippen LogP contribution < -0.4 is 19.7 Å². The van der Waals surface area contributed by atoms with Crippen molar-refractivity contribution in [3.63, 3.8) is 0 Å². The van der Waals surface area contributed by atoms with Crippen LogP contribution in [0.25, 0.3) is 0 Å². The minimum Gasteiger partial charge on any atom is -0.493 e. The smallest absolute Gasteiger partial charge is 0.258 e. The van der Waals surface area contributed by atoms with Crippen molar-refractivity contribution in [3.8, 4) is 11.5 Å². The van der Waals surface area contributed by atoms with Gasteiger partial charge in [-0.25, -0.2) is 0 Å². The molecule has 1 N–H and O–H groups in total. The van der Waals surface area contributed by atoms with E-state index in [1.165, 1.54) is 18.5 Å². The first-order chi connectivity index (χ1) is 13.6. The third-order valence-electron chi connectivity index (χ3n) is 5.35. The van der Waals surface area contributed by atoms with Crippen molar-refractivity contribution in [3.05, 3.63) is 54.1 Å². The second-order valence-corrected chi connectivity index (χ2v) is 7.49. The van der Waals surface area contributed by atoms with Crippen molar-refractivity contribution in [1.82, 2.24) is 5.32 Å². The van der Waals surface area contributed by atoms with E-state index in [2.05, 4.69) is 41.4 Å². The fourth-order valence-electron chi connectivity index (χ4n) is 3.49. The molecule has 1 saturated heterocycles. The molecule has 28 heavy (non-hydrogen) atoms. The van der Waals surface area contributed by atoms with Crippen molar-refractivity contribution in [2.45, 2.75) is 32.7 Å². The fourth-order valence-corrected chi connectivity index (χ4v) is 3.49. The lowest BCUT2D eigenvalue weighted by molar-refractivity contribution is -0.123. The summed E-state index contributed by atoms with van der Waals surface area (Å²) in [5.41, 5.74) is 2.34. The number of piperidine rings is 1. The molecule has 5 heteroatoms. The van der Waals surface area contributed by atoms with E-state index in [-0.39, 0.29) is 18.6 Å². The van der Waals surface area contributed by atoms with Gasteiger partial charge in [0.05, 0.1) is 13.2 Å². The van der Waals surface area contributed by atoms with Gasteiger partial charge in [0.2, 0.25) is 0 Å². The molecule has 0 aliphatic carbocycles. The molecule has 1 amide bonds. The number of para-hydroxylation sites is 2. The van der Waals surface area contributed by atoms with E-state index in [0.29, 0.717) is 11.5 Å². The third kappa shape index (κ3) is 5.18. The first-order valence-corrected chi connectivity index (χ1v) is 9.97. The van der Waals surface area contributed by atoms with Crippen LogP contribution in [-0.4, -0.2) is 32.7 Å². The van der Waals surface area contributed by atoms with Crippen LogP contribution in [0.1, 0.15) is 38.3 Å². The largest absolute Gasteiger partial charge is 0.493 e. The van der Waals surface area contributed by atoms with Crippen molar-refractivity contribution in [2.75, 3.05) is 31.7 Å². The lowest BCUT2D eigenvalue weighted by Gasteiger charge is -2.32. The van der Waals surface area contributed by atoms with Crippen LogP contribution in [0.5, 0.6) is 11.5 Å². The first kappa shape index (κ1) is 20.1. The van der Waals surface area contributed by atoms with Crippen LogP contribution in [0.2, 0.25) is 0 Å². The molecule has 0 saturated carbocycles. The quantitative estimate of drug-likeness (QED) is 0.780. The van der Waals surface area contributed by atoms with E-state index in [4.69, 9.17) is 9.47 Å². The lowest BCUT2D eigenvalue weighted by atomic mass is 9.98. The molecule has 1 aliphatic rings. The minimum atomic E-state index is -0.160. The Kier molecular flexibility index (Phi) is 6.80. The van der Waals surface area contributed by atoms with Crippen molar-refractivity contribution < 1.29 is 14.3 Å². The Bertz CT molecular complexity index is 768. The van der Waals surface area contributed by atoms with Gasteiger partial charge in [-0.1, -0.05) is 31.2 Å². The van der Waals surface area contributed by atoms with Gasteiger partial charge in [-0.2, -0.15) is 0 Å². The predicted octanol–water partition coefficient (Wildman–Crippen LogP) is 4.19. The molecule has 3 rings (SSSR count). The minimum absolute atomic E-state index is 0.0469. The number of hydrogen-bond donors (Lipinski definition) is 1. The van der Waals surface area contributed by atoms with Crippen molar-refractivity contribution in [1.29, 1.82) is 0 Å². The number of amides is 1. The zero-order valence-electron chi connectivity index (χ0n) is 17.0. The Balaban J connectivity index is 1.51. The topological polar surface area (TPSA) is 50.8 Å². The van der Waals surface area contributed by atoms with Gasteiger partial charge in [-0.15, -0.1) is 0 Å². The number of rotatable bonds is 7. The predicted molar refractivity (Wildman–Crippen MR) is 112 cm³/mol.